The Morgan fingerprint density at radius 3 is 1.86 bits per heavy atom. The fraction of sp³-hybridized carbons (Fsp3) is 0.647. The molecule has 1 N–H and O–H groups in total. The highest BCUT2D eigenvalue weighted by atomic mass is 19.4. The fourth-order valence-electron chi connectivity index (χ4n) is 4.39. The molecule has 4 heteroatoms. The first-order chi connectivity index (χ1) is 9.35. The number of alkyl halides is 3. The van der Waals surface area contributed by atoms with Gasteiger partial charge in [-0.15, -0.1) is 0 Å². The second-order valence-electron chi connectivity index (χ2n) is 7.93. The lowest BCUT2D eigenvalue weighted by molar-refractivity contribution is -0.145. The molecule has 0 amide bonds. The van der Waals surface area contributed by atoms with Gasteiger partial charge in [0.25, 0.3) is 0 Å². The smallest absolute Gasteiger partial charge is 0.385 e. The molecule has 2 rings (SSSR count). The topological polar surface area (TPSA) is 20.2 Å². The van der Waals surface area contributed by atoms with Crippen LogP contribution in [0.4, 0.5) is 13.2 Å². The molecule has 0 atom stereocenters. The summed E-state index contributed by atoms with van der Waals surface area (Å²) in [5.41, 5.74) is -2.54. The molecule has 1 aliphatic carbocycles. The monoisotopic (exact) mass is 300 g/mol. The zero-order valence-corrected chi connectivity index (χ0v) is 13.0. The van der Waals surface area contributed by atoms with Crippen molar-refractivity contribution in [3.05, 3.63) is 35.4 Å². The molecule has 21 heavy (non-hydrogen) atoms. The third kappa shape index (κ3) is 3.42. The van der Waals surface area contributed by atoms with Gasteiger partial charge in [0.2, 0.25) is 0 Å². The molecule has 0 aliphatic heterocycles. The lowest BCUT2D eigenvalue weighted by Gasteiger charge is -2.50. The highest BCUT2D eigenvalue weighted by Crippen LogP contribution is 2.55. The van der Waals surface area contributed by atoms with Crippen LogP contribution in [0.15, 0.2) is 24.3 Å². The highest BCUT2D eigenvalue weighted by Gasteiger charge is 2.50. The largest absolute Gasteiger partial charge is 0.416 e. The Kier molecular flexibility index (Phi) is 3.68. The van der Waals surface area contributed by atoms with Crippen LogP contribution >= 0.6 is 0 Å². The van der Waals surface area contributed by atoms with E-state index in [9.17, 15) is 18.3 Å². The van der Waals surface area contributed by atoms with Crippen LogP contribution in [0.3, 0.4) is 0 Å². The normalized spacial score (nSPS) is 23.8. The van der Waals surface area contributed by atoms with Crippen molar-refractivity contribution in [2.45, 2.75) is 58.7 Å². The van der Waals surface area contributed by atoms with Crippen molar-refractivity contribution in [1.82, 2.24) is 0 Å². The maximum Gasteiger partial charge on any atom is 0.416 e. The van der Waals surface area contributed by atoms with Crippen LogP contribution in [0.2, 0.25) is 0 Å². The maximum absolute atomic E-state index is 13.2. The van der Waals surface area contributed by atoms with E-state index >= 15 is 0 Å². The number of benzene rings is 1. The van der Waals surface area contributed by atoms with Gasteiger partial charge in [0.15, 0.2) is 0 Å². The molecule has 1 aromatic rings. The van der Waals surface area contributed by atoms with Gasteiger partial charge in [-0.25, -0.2) is 0 Å². The van der Waals surface area contributed by atoms with Crippen LogP contribution in [0.1, 0.15) is 58.1 Å². The first-order valence-corrected chi connectivity index (χ1v) is 7.24. The minimum atomic E-state index is -4.45. The molecule has 0 bridgehead atoms. The van der Waals surface area contributed by atoms with Gasteiger partial charge in [0.05, 0.1) is 11.2 Å². The molecule has 1 saturated carbocycles. The third-order valence-corrected chi connectivity index (χ3v) is 4.23. The van der Waals surface area contributed by atoms with Gasteiger partial charge in [-0.3, -0.25) is 0 Å². The predicted octanol–water partition coefficient (Wildman–Crippen LogP) is 5.13. The van der Waals surface area contributed by atoms with Crippen molar-refractivity contribution < 1.29 is 18.3 Å². The average Bonchev–Trinajstić information content (AvgIpc) is 2.22. The highest BCUT2D eigenvalue weighted by molar-refractivity contribution is 5.35. The Morgan fingerprint density at radius 1 is 0.905 bits per heavy atom. The van der Waals surface area contributed by atoms with Crippen molar-refractivity contribution >= 4 is 0 Å². The Bertz CT molecular complexity index is 513. The van der Waals surface area contributed by atoms with Gasteiger partial charge in [-0.1, -0.05) is 45.9 Å². The standard InChI is InChI=1S/C17H23F3O/c1-14(2)9-15(3,4)11-16(21,10-14)12-7-5-6-8-13(12)17(18,19)20/h5-8,21H,9-11H2,1-4H3. The summed E-state index contributed by atoms with van der Waals surface area (Å²) < 4.78 is 39.7. The zero-order valence-electron chi connectivity index (χ0n) is 13.0. The molecule has 0 radical (unpaired) electrons. The summed E-state index contributed by atoms with van der Waals surface area (Å²) >= 11 is 0. The lowest BCUT2D eigenvalue weighted by Crippen LogP contribution is -2.45. The Hall–Kier alpha value is -1.03. The van der Waals surface area contributed by atoms with Gasteiger partial charge >= 0.3 is 6.18 Å². The number of hydrogen-bond donors (Lipinski definition) is 1. The molecule has 1 nitrogen and oxygen atoms in total. The molecule has 1 fully saturated rings. The molecule has 0 heterocycles. The fourth-order valence-corrected chi connectivity index (χ4v) is 4.39. The van der Waals surface area contributed by atoms with Gasteiger partial charge in [-0.2, -0.15) is 13.2 Å². The van der Waals surface area contributed by atoms with Crippen LogP contribution < -0.4 is 0 Å². The van der Waals surface area contributed by atoms with E-state index in [4.69, 9.17) is 0 Å². The van der Waals surface area contributed by atoms with E-state index in [0.717, 1.165) is 12.5 Å². The van der Waals surface area contributed by atoms with Crippen molar-refractivity contribution in [3.8, 4) is 0 Å². The van der Waals surface area contributed by atoms with Crippen molar-refractivity contribution in [3.63, 3.8) is 0 Å². The molecule has 1 aromatic carbocycles. The second kappa shape index (κ2) is 4.73. The number of halogens is 3. The van der Waals surface area contributed by atoms with Gasteiger partial charge in [0.1, 0.15) is 0 Å². The zero-order chi connectivity index (χ0) is 16.1. The van der Waals surface area contributed by atoms with Crippen molar-refractivity contribution in [2.24, 2.45) is 10.8 Å². The quantitative estimate of drug-likeness (QED) is 0.762. The number of hydrogen-bond acceptors (Lipinski definition) is 1. The van der Waals surface area contributed by atoms with E-state index in [1.807, 2.05) is 27.7 Å². The van der Waals surface area contributed by atoms with E-state index in [0.29, 0.717) is 12.8 Å². The number of rotatable bonds is 1. The van der Waals surface area contributed by atoms with E-state index in [-0.39, 0.29) is 16.4 Å². The first kappa shape index (κ1) is 16.3. The summed E-state index contributed by atoms with van der Waals surface area (Å²) in [5, 5.41) is 11.1. The van der Waals surface area contributed by atoms with Gasteiger partial charge in [0, 0.05) is 0 Å². The number of aliphatic hydroxyl groups is 1. The van der Waals surface area contributed by atoms with Crippen molar-refractivity contribution in [1.29, 1.82) is 0 Å². The molecule has 0 spiro atoms. The minimum absolute atomic E-state index is 0.0124. The summed E-state index contributed by atoms with van der Waals surface area (Å²) in [7, 11) is 0. The Labute approximate surface area is 124 Å². The maximum atomic E-state index is 13.2. The molecule has 0 aromatic heterocycles. The minimum Gasteiger partial charge on any atom is -0.385 e. The Morgan fingerprint density at radius 2 is 1.38 bits per heavy atom. The van der Waals surface area contributed by atoms with Gasteiger partial charge in [-0.05, 0) is 41.7 Å². The summed E-state index contributed by atoms with van der Waals surface area (Å²) in [6.07, 6.45) is -2.87. The first-order valence-electron chi connectivity index (χ1n) is 7.24. The summed E-state index contributed by atoms with van der Waals surface area (Å²) in [4.78, 5) is 0. The van der Waals surface area contributed by atoms with Crippen molar-refractivity contribution in [2.75, 3.05) is 0 Å². The van der Waals surface area contributed by atoms with E-state index in [1.165, 1.54) is 12.1 Å². The SMILES string of the molecule is CC1(C)CC(C)(C)CC(O)(c2ccccc2C(F)(F)F)C1. The van der Waals surface area contributed by atoms with E-state index in [2.05, 4.69) is 0 Å². The van der Waals surface area contributed by atoms with Crippen LogP contribution in [0.5, 0.6) is 0 Å². The summed E-state index contributed by atoms with van der Waals surface area (Å²) in [5.74, 6) is 0. The molecule has 1 aliphatic rings. The second-order valence-corrected chi connectivity index (χ2v) is 7.93. The van der Waals surface area contributed by atoms with Crippen LogP contribution in [-0.2, 0) is 11.8 Å². The van der Waals surface area contributed by atoms with Crippen LogP contribution in [0.25, 0.3) is 0 Å². The van der Waals surface area contributed by atoms with Crippen LogP contribution in [-0.4, -0.2) is 5.11 Å². The molecular formula is C17H23F3O. The van der Waals surface area contributed by atoms with Crippen LogP contribution in [0, 0.1) is 10.8 Å². The van der Waals surface area contributed by atoms with Gasteiger partial charge < -0.3 is 5.11 Å². The summed E-state index contributed by atoms with van der Waals surface area (Å²) in [6, 6.07) is 5.41. The molecule has 0 unspecified atom stereocenters. The summed E-state index contributed by atoms with van der Waals surface area (Å²) in [6.45, 7) is 8.04. The third-order valence-electron chi connectivity index (χ3n) is 4.23. The molecule has 0 saturated heterocycles. The average molecular weight is 300 g/mol. The van der Waals surface area contributed by atoms with E-state index in [1.54, 1.807) is 6.07 Å². The Balaban J connectivity index is 2.55. The van der Waals surface area contributed by atoms with E-state index < -0.39 is 17.3 Å². The lowest BCUT2D eigenvalue weighted by atomic mass is 9.58. The molecular weight excluding hydrogens is 277 g/mol. The molecule has 118 valence electrons. The predicted molar refractivity (Wildman–Crippen MR) is 76.8 cm³/mol.